The van der Waals surface area contributed by atoms with Gasteiger partial charge < -0.3 is 44.3 Å². The average Bonchev–Trinajstić information content (AvgIpc) is 3.32. The number of nitrogen functional groups attached to an aromatic ring is 1. The zero-order valence-corrected chi connectivity index (χ0v) is 20.9. The van der Waals surface area contributed by atoms with Crippen LogP contribution in [0.15, 0.2) is 17.8 Å². The molecule has 3 rings (SSSR count). The minimum atomic E-state index is -5.17. The second-order valence-corrected chi connectivity index (χ2v) is 8.70. The molecule has 4 atom stereocenters. The highest BCUT2D eigenvalue weighted by Gasteiger charge is 2.44. The van der Waals surface area contributed by atoms with Gasteiger partial charge in [-0.05, 0) is 33.4 Å². The number of hydrogen-bond acceptors (Lipinski definition) is 15. The molecule has 0 unspecified atom stereocenters. The normalized spacial score (nSPS) is 22.5. The number of aromatic nitrogens is 4. The van der Waals surface area contributed by atoms with Crippen LogP contribution in [-0.4, -0.2) is 110 Å². The molecule has 1 fully saturated rings. The molecule has 2 aromatic heterocycles. The van der Waals surface area contributed by atoms with Gasteiger partial charge in [0.15, 0.2) is 17.7 Å². The zero-order chi connectivity index (χ0) is 26.9. The highest BCUT2D eigenvalue weighted by atomic mass is 32.3. The van der Waals surface area contributed by atoms with Crippen molar-refractivity contribution in [2.24, 2.45) is 5.16 Å². The average molecular weight is 534 g/mol. The number of likely N-dealkylation sites (N-methyl/N-ethyl adjacent to an activating group) is 1. The van der Waals surface area contributed by atoms with Gasteiger partial charge in [0, 0.05) is 23.9 Å². The van der Waals surface area contributed by atoms with Crippen LogP contribution in [0.25, 0.3) is 11.2 Å². The van der Waals surface area contributed by atoms with E-state index in [9.17, 15) is 10.2 Å². The van der Waals surface area contributed by atoms with E-state index in [1.54, 1.807) is 11.5 Å². The second-order valence-electron chi connectivity index (χ2n) is 7.88. The number of rotatable bonds is 10. The minimum absolute atomic E-state index is 0.246. The summed E-state index contributed by atoms with van der Waals surface area (Å²) in [4.78, 5) is 19.5. The van der Waals surface area contributed by atoms with Crippen LogP contribution < -0.4 is 5.73 Å². The number of aliphatic hydroxyl groups excluding tert-OH is 2. The molecule has 0 aliphatic carbocycles. The first kappa shape index (κ1) is 29.6. The fraction of sp³-hybridized carbons (Fsp3) is 0.684. The first-order valence-electron chi connectivity index (χ1n) is 11.0. The summed E-state index contributed by atoms with van der Waals surface area (Å²) in [5, 5.41) is 24.9. The fourth-order valence-corrected chi connectivity index (χ4v) is 3.48. The molecule has 4 N–H and O–H groups in total. The minimum Gasteiger partial charge on any atom is -0.759 e. The van der Waals surface area contributed by atoms with Crippen LogP contribution >= 0.6 is 0 Å². The van der Waals surface area contributed by atoms with Crippen molar-refractivity contribution >= 4 is 33.3 Å². The van der Waals surface area contributed by atoms with Gasteiger partial charge in [0.05, 0.1) is 12.9 Å². The number of fused-ring (bicyclic) bond motifs is 1. The van der Waals surface area contributed by atoms with Crippen LogP contribution in [0.5, 0.6) is 0 Å². The summed E-state index contributed by atoms with van der Waals surface area (Å²) in [6, 6.07) is 0. The highest BCUT2D eigenvalue weighted by Crippen LogP contribution is 2.32. The Morgan fingerprint density at radius 1 is 1.28 bits per heavy atom. The smallest absolute Gasteiger partial charge is 0.222 e. The van der Waals surface area contributed by atoms with E-state index in [1.807, 2.05) is 18.9 Å². The number of oxime groups is 1. The van der Waals surface area contributed by atoms with Gasteiger partial charge >= 0.3 is 0 Å². The van der Waals surface area contributed by atoms with Gasteiger partial charge in [-0.3, -0.25) is 13.0 Å². The Balaban J connectivity index is 0.000000830. The molecule has 3 heterocycles. The molecule has 0 radical (unpaired) electrons. The van der Waals surface area contributed by atoms with Crippen LogP contribution in [0.3, 0.4) is 0 Å². The highest BCUT2D eigenvalue weighted by molar-refractivity contribution is 7.79. The molecule has 0 bridgehead atoms. The van der Waals surface area contributed by atoms with Crippen molar-refractivity contribution in [1.29, 1.82) is 0 Å². The number of hydrogen-bond donors (Lipinski definition) is 3. The summed E-state index contributed by atoms with van der Waals surface area (Å²) in [5.74, 6) is 0.760. The van der Waals surface area contributed by atoms with Crippen molar-refractivity contribution in [3.05, 3.63) is 12.7 Å². The Morgan fingerprint density at radius 2 is 1.97 bits per heavy atom. The summed E-state index contributed by atoms with van der Waals surface area (Å²) in [6.45, 7) is 5.94. The zero-order valence-electron chi connectivity index (χ0n) is 20.1. The molecule has 16 nitrogen and oxygen atoms in total. The van der Waals surface area contributed by atoms with Crippen LogP contribution in [0, 0.1) is 0 Å². The Hall–Kier alpha value is -2.67. The second kappa shape index (κ2) is 13.6. The van der Waals surface area contributed by atoms with E-state index in [0.29, 0.717) is 36.8 Å². The molecule has 0 amide bonds. The van der Waals surface area contributed by atoms with E-state index < -0.39 is 34.9 Å². The van der Waals surface area contributed by atoms with Crippen molar-refractivity contribution in [1.82, 2.24) is 24.4 Å². The lowest BCUT2D eigenvalue weighted by Gasteiger charge is -2.22. The summed E-state index contributed by atoms with van der Waals surface area (Å²) in [5.41, 5.74) is 6.69. The molecular weight excluding hydrogens is 502 g/mol. The Kier molecular flexibility index (Phi) is 11.2. The fourth-order valence-electron chi connectivity index (χ4n) is 3.48. The van der Waals surface area contributed by atoms with Gasteiger partial charge in [0.25, 0.3) is 0 Å². The quantitative estimate of drug-likeness (QED) is 0.0811. The maximum atomic E-state index is 10.5. The Labute approximate surface area is 208 Å². The topological polar surface area (TPSA) is 234 Å². The van der Waals surface area contributed by atoms with E-state index in [0.717, 1.165) is 19.4 Å². The molecular formula is C19H31N7O9S-2. The number of nitrogens with zero attached hydrogens (tertiary/aromatic N) is 6. The van der Waals surface area contributed by atoms with Crippen molar-refractivity contribution < 1.29 is 42.0 Å². The third-order valence-corrected chi connectivity index (χ3v) is 5.06. The molecule has 204 valence electrons. The predicted molar refractivity (Wildman–Crippen MR) is 124 cm³/mol. The molecule has 0 spiro atoms. The summed E-state index contributed by atoms with van der Waals surface area (Å²) in [6.07, 6.45) is 0.995. The maximum absolute atomic E-state index is 10.5. The number of nitrogens with two attached hydrogens (primary N) is 1. The molecule has 0 aromatic carbocycles. The predicted octanol–water partition coefficient (Wildman–Crippen LogP) is -1.21. The number of imidazole rings is 1. The van der Waals surface area contributed by atoms with Gasteiger partial charge in [0.2, 0.25) is 5.90 Å². The standard InChI is InChI=1S/C19H31N7O5.H2O4S/c1-4-29-12(2)24-30-8-6-5-7-25(3)9-13-15(27)16(28)19(31-13)26-11-23-14-17(20)21-10-22-18(14)26;1-5(2,3)4/h10-11,13,15-16,19,27-28H,4-9H2,1-3H3,(H2,20,21,22);(H2,1,2,3,4)/p-2/b24-12-;/t13-,15-,16-,19-;/m1./s1. The SMILES string of the molecule is CCO/C(C)=N\OCCCCN(C)C[C@H]1O[C@@H](n2cnc3c(N)ncnc32)[C@H](O)[C@@H]1O.O=S(=O)([O-])[O-]. The number of aliphatic hydroxyl groups is 2. The van der Waals surface area contributed by atoms with E-state index in [2.05, 4.69) is 20.1 Å². The van der Waals surface area contributed by atoms with Gasteiger partial charge in [-0.15, -0.1) is 0 Å². The molecule has 0 saturated carbocycles. The van der Waals surface area contributed by atoms with E-state index in [4.69, 9.17) is 37.6 Å². The Bertz CT molecular complexity index is 1090. The Morgan fingerprint density at radius 3 is 2.64 bits per heavy atom. The molecule has 2 aromatic rings. The molecule has 17 heteroatoms. The van der Waals surface area contributed by atoms with Crippen LogP contribution in [0.2, 0.25) is 0 Å². The summed E-state index contributed by atoms with van der Waals surface area (Å²) in [7, 11) is -3.23. The number of anilines is 1. The summed E-state index contributed by atoms with van der Waals surface area (Å²) >= 11 is 0. The maximum Gasteiger partial charge on any atom is 0.222 e. The third kappa shape index (κ3) is 9.08. The molecule has 1 aliphatic rings. The number of unbranched alkanes of at least 4 members (excludes halogenated alkanes) is 1. The largest absolute Gasteiger partial charge is 0.759 e. The monoisotopic (exact) mass is 533 g/mol. The van der Waals surface area contributed by atoms with Crippen LogP contribution in [-0.2, 0) is 24.7 Å². The van der Waals surface area contributed by atoms with Crippen LogP contribution in [0.4, 0.5) is 5.82 Å². The lowest BCUT2D eigenvalue weighted by molar-refractivity contribution is -0.0423. The van der Waals surface area contributed by atoms with E-state index in [1.165, 1.54) is 12.7 Å². The van der Waals surface area contributed by atoms with Crippen molar-refractivity contribution in [3.63, 3.8) is 0 Å². The van der Waals surface area contributed by atoms with Gasteiger partial charge in [-0.2, -0.15) is 0 Å². The molecule has 36 heavy (non-hydrogen) atoms. The molecule has 1 saturated heterocycles. The first-order valence-corrected chi connectivity index (χ1v) is 12.3. The molecule has 1 aliphatic heterocycles. The number of ether oxygens (including phenoxy) is 2. The van der Waals surface area contributed by atoms with E-state index >= 15 is 0 Å². The van der Waals surface area contributed by atoms with Crippen molar-refractivity contribution in [2.45, 2.75) is 51.2 Å². The van der Waals surface area contributed by atoms with E-state index in [-0.39, 0.29) is 5.82 Å². The third-order valence-electron chi connectivity index (χ3n) is 5.06. The first-order chi connectivity index (χ1) is 16.9. The van der Waals surface area contributed by atoms with Crippen LogP contribution in [0.1, 0.15) is 32.9 Å². The van der Waals surface area contributed by atoms with Gasteiger partial charge in [-0.1, -0.05) is 5.16 Å². The van der Waals surface area contributed by atoms with Gasteiger partial charge in [0.1, 0.15) is 36.8 Å². The van der Waals surface area contributed by atoms with Crippen molar-refractivity contribution in [3.8, 4) is 0 Å². The lowest BCUT2D eigenvalue weighted by atomic mass is 10.1. The summed E-state index contributed by atoms with van der Waals surface area (Å²) < 4.78 is 46.8. The van der Waals surface area contributed by atoms with Crippen molar-refractivity contribution in [2.75, 3.05) is 39.1 Å². The lowest BCUT2D eigenvalue weighted by Crippen LogP contribution is -2.38. The van der Waals surface area contributed by atoms with Gasteiger partial charge in [-0.25, -0.2) is 15.0 Å².